The Morgan fingerprint density at radius 3 is 2.27 bits per heavy atom. The number of amides is 2. The third-order valence-electron chi connectivity index (χ3n) is 8.02. The first-order chi connectivity index (χ1) is 16.0. The Labute approximate surface area is 191 Å². The smallest absolute Gasteiger partial charge is 0.407 e. The monoisotopic (exact) mass is 446 g/mol. The van der Waals surface area contributed by atoms with E-state index < -0.39 is 23.4 Å². The second kappa shape index (κ2) is 7.33. The lowest BCUT2D eigenvalue weighted by Crippen LogP contribution is -2.55. The topological polar surface area (TPSA) is 95.9 Å². The quantitative estimate of drug-likeness (QED) is 0.735. The van der Waals surface area contributed by atoms with Gasteiger partial charge in [0.15, 0.2) is 0 Å². The van der Waals surface area contributed by atoms with E-state index in [0.717, 1.165) is 12.8 Å². The van der Waals surface area contributed by atoms with Crippen LogP contribution in [0.2, 0.25) is 0 Å². The second-order valence-corrected chi connectivity index (χ2v) is 9.91. The molecule has 1 heterocycles. The maximum atomic E-state index is 12.9. The van der Waals surface area contributed by atoms with Gasteiger partial charge in [0.1, 0.15) is 6.61 Å². The minimum absolute atomic E-state index is 0.0154. The number of ether oxygens (including phenoxy) is 1. The Hall–Kier alpha value is -3.35. The van der Waals surface area contributed by atoms with Gasteiger partial charge in [0.25, 0.3) is 0 Å². The number of carboxylic acid groups (broad SMARTS) is 1. The van der Waals surface area contributed by atoms with E-state index in [0.29, 0.717) is 19.5 Å². The number of fused-ring (bicyclic) bond motifs is 4. The van der Waals surface area contributed by atoms with Gasteiger partial charge in [-0.25, -0.2) is 4.79 Å². The van der Waals surface area contributed by atoms with Crippen molar-refractivity contribution in [1.82, 2.24) is 10.2 Å². The van der Waals surface area contributed by atoms with Gasteiger partial charge < -0.3 is 20.1 Å². The third kappa shape index (κ3) is 3.21. The molecular formula is C26H26N2O5. The van der Waals surface area contributed by atoms with Crippen LogP contribution in [0.25, 0.3) is 11.1 Å². The number of aliphatic carboxylic acids is 1. The van der Waals surface area contributed by atoms with Crippen molar-refractivity contribution >= 4 is 18.0 Å². The lowest BCUT2D eigenvalue weighted by atomic mass is 9.94. The van der Waals surface area contributed by atoms with Crippen molar-refractivity contribution in [2.75, 3.05) is 19.7 Å². The average Bonchev–Trinajstić information content (AvgIpc) is 3.19. The van der Waals surface area contributed by atoms with Gasteiger partial charge in [-0.05, 0) is 47.4 Å². The minimum Gasteiger partial charge on any atom is -0.481 e. The molecule has 0 unspecified atom stereocenters. The number of carbonyl (C=O) groups excluding carboxylic acids is 2. The van der Waals surface area contributed by atoms with Crippen LogP contribution in [0.1, 0.15) is 36.3 Å². The maximum absolute atomic E-state index is 12.9. The first kappa shape index (κ1) is 20.3. The number of alkyl carbamates (subject to hydrolysis) is 1. The van der Waals surface area contributed by atoms with Crippen molar-refractivity contribution in [1.29, 1.82) is 0 Å². The fourth-order valence-corrected chi connectivity index (χ4v) is 6.19. The van der Waals surface area contributed by atoms with Crippen LogP contribution in [0.3, 0.4) is 0 Å². The SMILES string of the molecule is O=C(N[C@@H]1C[C@H]2C[C@@]2(C(=O)N2CC(C(=O)O)C2)C1)OCC1c2ccccc2-c2ccccc21. The summed E-state index contributed by atoms with van der Waals surface area (Å²) >= 11 is 0. The summed E-state index contributed by atoms with van der Waals surface area (Å²) in [4.78, 5) is 38.2. The molecule has 3 fully saturated rings. The Morgan fingerprint density at radius 1 is 1.00 bits per heavy atom. The Morgan fingerprint density at radius 2 is 1.64 bits per heavy atom. The summed E-state index contributed by atoms with van der Waals surface area (Å²) in [5.41, 5.74) is 4.31. The molecule has 0 aromatic heterocycles. The number of carboxylic acids is 1. The van der Waals surface area contributed by atoms with Crippen molar-refractivity contribution in [2.45, 2.75) is 31.2 Å². The van der Waals surface area contributed by atoms with Crippen LogP contribution in [0.5, 0.6) is 0 Å². The number of nitrogens with zero attached hydrogens (tertiary/aromatic N) is 1. The van der Waals surface area contributed by atoms with Gasteiger partial charge >= 0.3 is 12.1 Å². The van der Waals surface area contributed by atoms with E-state index in [1.807, 2.05) is 24.3 Å². The van der Waals surface area contributed by atoms with Gasteiger partial charge in [0, 0.05) is 25.0 Å². The number of carbonyl (C=O) groups is 3. The van der Waals surface area contributed by atoms with Crippen molar-refractivity contribution in [3.8, 4) is 11.1 Å². The maximum Gasteiger partial charge on any atom is 0.407 e. The Bertz CT molecular complexity index is 1110. The Balaban J connectivity index is 1.05. The molecule has 0 radical (unpaired) electrons. The summed E-state index contributed by atoms with van der Waals surface area (Å²) in [6.45, 7) is 0.866. The number of nitrogens with one attached hydrogen (secondary N) is 1. The minimum atomic E-state index is -0.842. The van der Waals surface area contributed by atoms with E-state index in [-0.39, 0.29) is 30.4 Å². The molecule has 1 saturated heterocycles. The number of hydrogen-bond acceptors (Lipinski definition) is 4. The fraction of sp³-hybridized carbons (Fsp3) is 0.423. The molecule has 3 atom stereocenters. The predicted molar refractivity (Wildman–Crippen MR) is 119 cm³/mol. The molecule has 0 spiro atoms. The van der Waals surface area contributed by atoms with Gasteiger partial charge in [-0.2, -0.15) is 0 Å². The third-order valence-corrected chi connectivity index (χ3v) is 8.02. The van der Waals surface area contributed by atoms with Crippen molar-refractivity contribution in [3.05, 3.63) is 59.7 Å². The molecule has 6 rings (SSSR count). The largest absolute Gasteiger partial charge is 0.481 e. The summed E-state index contributed by atoms with van der Waals surface area (Å²) < 4.78 is 5.65. The highest BCUT2D eigenvalue weighted by molar-refractivity contribution is 5.89. The molecule has 2 aromatic carbocycles. The molecule has 7 heteroatoms. The van der Waals surface area contributed by atoms with Crippen molar-refractivity contribution < 1.29 is 24.2 Å². The van der Waals surface area contributed by atoms with Crippen LogP contribution in [0, 0.1) is 17.3 Å². The first-order valence-corrected chi connectivity index (χ1v) is 11.6. The van der Waals surface area contributed by atoms with Crippen LogP contribution in [0.15, 0.2) is 48.5 Å². The summed E-state index contributed by atoms with van der Waals surface area (Å²) in [6.07, 6.45) is 1.77. The highest BCUT2D eigenvalue weighted by Crippen LogP contribution is 2.64. The van der Waals surface area contributed by atoms with E-state index >= 15 is 0 Å². The van der Waals surface area contributed by atoms with Crippen molar-refractivity contribution in [3.63, 3.8) is 0 Å². The predicted octanol–water partition coefficient (Wildman–Crippen LogP) is 3.24. The van der Waals surface area contributed by atoms with E-state index in [4.69, 9.17) is 9.84 Å². The molecule has 33 heavy (non-hydrogen) atoms. The molecule has 4 aliphatic rings. The lowest BCUT2D eigenvalue weighted by molar-refractivity contribution is -0.155. The summed E-state index contributed by atoms with van der Waals surface area (Å²) in [5.74, 6) is -0.944. The zero-order valence-corrected chi connectivity index (χ0v) is 18.2. The van der Waals surface area contributed by atoms with E-state index in [1.54, 1.807) is 4.90 Å². The lowest BCUT2D eigenvalue weighted by Gasteiger charge is -2.39. The van der Waals surface area contributed by atoms with Crippen LogP contribution < -0.4 is 5.32 Å². The van der Waals surface area contributed by atoms with Crippen LogP contribution in [0.4, 0.5) is 4.79 Å². The number of likely N-dealkylation sites (tertiary alicyclic amines) is 1. The normalized spacial score (nSPS) is 27.2. The van der Waals surface area contributed by atoms with E-state index in [2.05, 4.69) is 29.6 Å². The van der Waals surface area contributed by atoms with Gasteiger partial charge in [0.2, 0.25) is 5.91 Å². The number of rotatable bonds is 5. The summed E-state index contributed by atoms with van der Waals surface area (Å²) in [7, 11) is 0. The van der Waals surface area contributed by atoms with Crippen LogP contribution in [-0.2, 0) is 14.3 Å². The molecule has 0 bridgehead atoms. The molecular weight excluding hydrogens is 420 g/mol. The van der Waals surface area contributed by atoms with Gasteiger partial charge in [-0.1, -0.05) is 48.5 Å². The van der Waals surface area contributed by atoms with E-state index in [1.165, 1.54) is 22.3 Å². The highest BCUT2D eigenvalue weighted by Gasteiger charge is 2.66. The van der Waals surface area contributed by atoms with Gasteiger partial charge in [-0.15, -0.1) is 0 Å². The zero-order chi connectivity index (χ0) is 22.7. The molecule has 2 N–H and O–H groups in total. The molecule has 170 valence electrons. The fourth-order valence-electron chi connectivity index (χ4n) is 6.19. The molecule has 1 aliphatic heterocycles. The van der Waals surface area contributed by atoms with Crippen LogP contribution in [-0.4, -0.2) is 53.7 Å². The van der Waals surface area contributed by atoms with E-state index in [9.17, 15) is 14.4 Å². The molecule has 2 amide bonds. The summed E-state index contributed by atoms with van der Waals surface area (Å²) in [6, 6.07) is 16.4. The van der Waals surface area contributed by atoms with Gasteiger partial charge in [0.05, 0.1) is 11.3 Å². The number of hydrogen-bond donors (Lipinski definition) is 2. The van der Waals surface area contributed by atoms with Gasteiger partial charge in [-0.3, -0.25) is 9.59 Å². The zero-order valence-electron chi connectivity index (χ0n) is 18.2. The second-order valence-electron chi connectivity index (χ2n) is 9.91. The molecule has 7 nitrogen and oxygen atoms in total. The summed E-state index contributed by atoms with van der Waals surface area (Å²) in [5, 5.41) is 12.0. The van der Waals surface area contributed by atoms with Crippen molar-refractivity contribution in [2.24, 2.45) is 17.3 Å². The average molecular weight is 447 g/mol. The Kier molecular flexibility index (Phi) is 4.50. The first-order valence-electron chi connectivity index (χ1n) is 11.6. The van der Waals surface area contributed by atoms with Crippen LogP contribution >= 0.6 is 0 Å². The standard InChI is InChI=1S/C26H26N2O5/c29-23(30)15-12-28(13-15)24(31)26-10-16(26)9-17(11-26)27-25(32)33-14-22-20-7-3-1-5-18(20)19-6-2-4-8-21(19)22/h1-8,15-17,22H,9-14H2,(H,27,32)(H,29,30)/t16-,17+,26+/m0/s1. The highest BCUT2D eigenvalue weighted by atomic mass is 16.5. The molecule has 2 saturated carbocycles. The molecule has 2 aromatic rings. The number of benzene rings is 2. The molecule has 3 aliphatic carbocycles.